The monoisotopic (exact) mass is 274 g/mol. The van der Waals surface area contributed by atoms with E-state index in [1.54, 1.807) is 0 Å². The van der Waals surface area contributed by atoms with Crippen molar-refractivity contribution in [3.63, 3.8) is 0 Å². The lowest BCUT2D eigenvalue weighted by atomic mass is 10.1. The van der Waals surface area contributed by atoms with Gasteiger partial charge < -0.3 is 0 Å². The van der Waals surface area contributed by atoms with Crippen LogP contribution >= 0.6 is 11.6 Å². The number of hydrogen-bond acceptors (Lipinski definition) is 4. The molecule has 0 saturated carbocycles. The van der Waals surface area contributed by atoms with Gasteiger partial charge in [0, 0.05) is 17.2 Å². The van der Waals surface area contributed by atoms with E-state index < -0.39 is 9.84 Å². The van der Waals surface area contributed by atoms with E-state index in [2.05, 4.69) is 9.97 Å². The van der Waals surface area contributed by atoms with E-state index in [4.69, 9.17) is 11.6 Å². The highest BCUT2D eigenvalue weighted by Gasteiger charge is 2.31. The topological polar surface area (TPSA) is 59.9 Å². The highest BCUT2D eigenvalue weighted by Crippen LogP contribution is 2.28. The van der Waals surface area contributed by atoms with Gasteiger partial charge in [-0.15, -0.1) is 0 Å². The molecule has 2 heterocycles. The third-order valence-electron chi connectivity index (χ3n) is 3.13. The average molecular weight is 275 g/mol. The summed E-state index contributed by atoms with van der Waals surface area (Å²) in [5, 5.41) is 0.458. The molecular weight excluding hydrogens is 260 g/mol. The van der Waals surface area contributed by atoms with Crippen molar-refractivity contribution in [1.82, 2.24) is 9.97 Å². The van der Waals surface area contributed by atoms with Crippen molar-refractivity contribution in [2.24, 2.45) is 0 Å². The maximum Gasteiger partial charge on any atom is 0.151 e. The number of halogens is 1. The number of aryl methyl sites for hydroxylation is 1. The van der Waals surface area contributed by atoms with E-state index in [1.165, 1.54) is 0 Å². The molecule has 94 valence electrons. The van der Waals surface area contributed by atoms with Crippen molar-refractivity contribution in [3.05, 3.63) is 22.2 Å². The summed E-state index contributed by atoms with van der Waals surface area (Å²) >= 11 is 6.08. The zero-order valence-corrected chi connectivity index (χ0v) is 11.5. The first-order chi connectivity index (χ1) is 7.93. The Morgan fingerprint density at radius 2 is 2.12 bits per heavy atom. The van der Waals surface area contributed by atoms with Gasteiger partial charge in [0.05, 0.1) is 11.5 Å². The van der Waals surface area contributed by atoms with Gasteiger partial charge in [0.15, 0.2) is 9.84 Å². The number of aromatic nitrogens is 2. The molecular formula is C11H15ClN2O2S. The van der Waals surface area contributed by atoms with Crippen LogP contribution in [0.3, 0.4) is 0 Å². The van der Waals surface area contributed by atoms with Gasteiger partial charge in [0.1, 0.15) is 11.0 Å². The first-order valence-corrected chi connectivity index (χ1v) is 7.86. The number of sulfone groups is 1. The van der Waals surface area contributed by atoms with Crippen LogP contribution in [0.2, 0.25) is 5.15 Å². The molecule has 1 unspecified atom stereocenters. The highest BCUT2D eigenvalue weighted by atomic mass is 35.5. The zero-order chi connectivity index (χ0) is 12.6. The van der Waals surface area contributed by atoms with Gasteiger partial charge in [-0.05, 0) is 19.8 Å². The Bertz CT molecular complexity index is 519. The van der Waals surface area contributed by atoms with E-state index in [-0.39, 0.29) is 17.4 Å². The van der Waals surface area contributed by atoms with Crippen LogP contribution in [0.1, 0.15) is 36.3 Å². The quantitative estimate of drug-likeness (QED) is 0.773. The molecule has 17 heavy (non-hydrogen) atoms. The zero-order valence-electron chi connectivity index (χ0n) is 9.90. The maximum absolute atomic E-state index is 11.4. The van der Waals surface area contributed by atoms with Gasteiger partial charge in [-0.25, -0.2) is 18.4 Å². The molecule has 0 amide bonds. The van der Waals surface area contributed by atoms with Crippen LogP contribution in [0.4, 0.5) is 0 Å². The Balaban J connectivity index is 2.35. The fourth-order valence-electron chi connectivity index (χ4n) is 2.16. The predicted octanol–water partition coefficient (Wildman–Crippen LogP) is 1.90. The van der Waals surface area contributed by atoms with Crippen LogP contribution in [0.25, 0.3) is 0 Å². The minimum absolute atomic E-state index is 0.0953. The summed E-state index contributed by atoms with van der Waals surface area (Å²) in [6, 6.07) is 0. The maximum atomic E-state index is 11.4. The summed E-state index contributed by atoms with van der Waals surface area (Å²) in [7, 11) is -2.91. The summed E-state index contributed by atoms with van der Waals surface area (Å²) < 4.78 is 22.8. The minimum Gasteiger partial charge on any atom is -0.238 e. The van der Waals surface area contributed by atoms with Crippen LogP contribution in [0.5, 0.6) is 0 Å². The van der Waals surface area contributed by atoms with Crippen molar-refractivity contribution in [3.8, 4) is 0 Å². The Labute approximate surface area is 106 Å². The highest BCUT2D eigenvalue weighted by molar-refractivity contribution is 7.91. The standard InChI is InChI=1S/C11H15ClN2O2S/c1-3-9-7(2)13-11(14-10(9)12)8-4-5-17(15,16)6-8/h8H,3-6H2,1-2H3. The molecule has 2 rings (SSSR count). The lowest BCUT2D eigenvalue weighted by molar-refractivity contribution is 0.601. The largest absolute Gasteiger partial charge is 0.238 e. The third kappa shape index (κ3) is 2.60. The van der Waals surface area contributed by atoms with Crippen LogP contribution in [-0.2, 0) is 16.3 Å². The summed E-state index contributed by atoms with van der Waals surface area (Å²) in [5.74, 6) is 0.856. The van der Waals surface area contributed by atoms with Gasteiger partial charge in [-0.3, -0.25) is 0 Å². The van der Waals surface area contributed by atoms with E-state index in [0.717, 1.165) is 17.7 Å². The van der Waals surface area contributed by atoms with E-state index in [0.29, 0.717) is 17.4 Å². The predicted molar refractivity (Wildman–Crippen MR) is 67.2 cm³/mol. The van der Waals surface area contributed by atoms with E-state index >= 15 is 0 Å². The fraction of sp³-hybridized carbons (Fsp3) is 0.636. The van der Waals surface area contributed by atoms with Gasteiger partial charge in [-0.2, -0.15) is 0 Å². The molecule has 1 aliphatic heterocycles. The summed E-state index contributed by atoms with van der Waals surface area (Å²) in [6.45, 7) is 3.89. The number of hydrogen-bond donors (Lipinski definition) is 0. The van der Waals surface area contributed by atoms with Crippen LogP contribution < -0.4 is 0 Å². The van der Waals surface area contributed by atoms with E-state index in [1.807, 2.05) is 13.8 Å². The van der Waals surface area contributed by atoms with Gasteiger partial charge in [-0.1, -0.05) is 18.5 Å². The molecule has 1 atom stereocenters. The number of nitrogens with zero attached hydrogens (tertiary/aromatic N) is 2. The Hall–Kier alpha value is -0.680. The molecule has 0 aromatic carbocycles. The third-order valence-corrected chi connectivity index (χ3v) is 5.21. The first kappa shape index (κ1) is 12.8. The van der Waals surface area contributed by atoms with Crippen molar-refractivity contribution in [2.45, 2.75) is 32.6 Å². The molecule has 4 nitrogen and oxygen atoms in total. The smallest absolute Gasteiger partial charge is 0.151 e. The fourth-order valence-corrected chi connectivity index (χ4v) is 4.26. The van der Waals surface area contributed by atoms with Crippen molar-refractivity contribution >= 4 is 21.4 Å². The summed E-state index contributed by atoms with van der Waals surface area (Å²) in [5.41, 5.74) is 1.79. The number of rotatable bonds is 2. The first-order valence-electron chi connectivity index (χ1n) is 5.66. The molecule has 6 heteroatoms. The lowest BCUT2D eigenvalue weighted by Crippen LogP contribution is -2.10. The van der Waals surface area contributed by atoms with Crippen LogP contribution in [-0.4, -0.2) is 29.9 Å². The Morgan fingerprint density at radius 3 is 2.59 bits per heavy atom. The minimum atomic E-state index is -2.91. The molecule has 1 aromatic heterocycles. The van der Waals surface area contributed by atoms with Gasteiger partial charge in [0.2, 0.25) is 0 Å². The second-order valence-electron chi connectivity index (χ2n) is 4.39. The van der Waals surface area contributed by atoms with Crippen molar-refractivity contribution in [1.29, 1.82) is 0 Å². The van der Waals surface area contributed by atoms with Gasteiger partial charge in [0.25, 0.3) is 0 Å². The molecule has 1 fully saturated rings. The van der Waals surface area contributed by atoms with Gasteiger partial charge >= 0.3 is 0 Å². The van der Waals surface area contributed by atoms with Crippen molar-refractivity contribution < 1.29 is 8.42 Å². The molecule has 0 spiro atoms. The molecule has 1 aromatic rings. The van der Waals surface area contributed by atoms with E-state index in [9.17, 15) is 8.42 Å². The lowest BCUT2D eigenvalue weighted by Gasteiger charge is -2.11. The van der Waals surface area contributed by atoms with Crippen molar-refractivity contribution in [2.75, 3.05) is 11.5 Å². The molecule has 0 aliphatic carbocycles. The average Bonchev–Trinajstić information content (AvgIpc) is 2.58. The second kappa shape index (κ2) is 4.53. The normalized spacial score (nSPS) is 22.9. The van der Waals surface area contributed by atoms with Crippen LogP contribution in [0, 0.1) is 6.92 Å². The van der Waals surface area contributed by atoms with Crippen LogP contribution in [0.15, 0.2) is 0 Å². The molecule has 0 bridgehead atoms. The Kier molecular flexibility index (Phi) is 3.41. The molecule has 0 N–H and O–H groups in total. The summed E-state index contributed by atoms with van der Waals surface area (Å²) in [4.78, 5) is 8.63. The molecule has 1 saturated heterocycles. The SMILES string of the molecule is CCc1c(C)nc(C2CCS(=O)(=O)C2)nc1Cl. The second-order valence-corrected chi connectivity index (χ2v) is 6.98. The Morgan fingerprint density at radius 1 is 1.41 bits per heavy atom. The molecule has 0 radical (unpaired) electrons. The molecule has 1 aliphatic rings. The summed E-state index contributed by atoms with van der Waals surface area (Å²) in [6.07, 6.45) is 1.39.